The van der Waals surface area contributed by atoms with Crippen LogP contribution in [-0.4, -0.2) is 42.3 Å². The summed E-state index contributed by atoms with van der Waals surface area (Å²) in [5.74, 6) is -2.07. The van der Waals surface area contributed by atoms with Gasteiger partial charge in [0.15, 0.2) is 0 Å². The fourth-order valence-corrected chi connectivity index (χ4v) is 3.30. The zero-order chi connectivity index (χ0) is 21.3. The van der Waals surface area contributed by atoms with Crippen molar-refractivity contribution in [3.8, 4) is 5.75 Å². The Labute approximate surface area is 168 Å². The quantitative estimate of drug-likeness (QED) is 0.620. The summed E-state index contributed by atoms with van der Waals surface area (Å²) in [6, 6.07) is 9.09. The van der Waals surface area contributed by atoms with Gasteiger partial charge in [0.05, 0.1) is 12.8 Å². The lowest BCUT2D eigenvalue weighted by atomic mass is 10.1. The number of nitrogens with one attached hydrogen (secondary N) is 1. The first-order valence-corrected chi connectivity index (χ1v) is 8.94. The highest BCUT2D eigenvalue weighted by atomic mass is 16.5. The molecule has 0 aromatic heterocycles. The van der Waals surface area contributed by atoms with Crippen LogP contribution in [0.15, 0.2) is 36.4 Å². The number of hydrogen-bond acceptors (Lipinski definition) is 5. The second-order valence-electron chi connectivity index (χ2n) is 6.83. The molecule has 0 atom stereocenters. The van der Waals surface area contributed by atoms with Crippen molar-refractivity contribution in [3.05, 3.63) is 53.1 Å². The molecule has 1 aliphatic rings. The van der Waals surface area contributed by atoms with Crippen molar-refractivity contribution < 1.29 is 23.9 Å². The molecule has 29 heavy (non-hydrogen) atoms. The number of urea groups is 1. The lowest BCUT2D eigenvalue weighted by Gasteiger charge is -2.17. The van der Waals surface area contributed by atoms with Crippen LogP contribution in [-0.2, 0) is 14.4 Å². The van der Waals surface area contributed by atoms with Crippen LogP contribution in [0.3, 0.4) is 0 Å². The molecule has 0 bridgehead atoms. The molecule has 0 unspecified atom stereocenters. The van der Waals surface area contributed by atoms with Crippen molar-refractivity contribution in [1.29, 1.82) is 0 Å². The van der Waals surface area contributed by atoms with Gasteiger partial charge in [-0.15, -0.1) is 0 Å². The summed E-state index contributed by atoms with van der Waals surface area (Å²) >= 11 is 0. The second kappa shape index (κ2) is 7.75. The molecule has 150 valence electrons. The van der Waals surface area contributed by atoms with Gasteiger partial charge in [0, 0.05) is 5.69 Å². The van der Waals surface area contributed by atoms with Gasteiger partial charge in [-0.2, -0.15) is 0 Å². The van der Waals surface area contributed by atoms with E-state index < -0.39 is 30.3 Å². The minimum absolute atomic E-state index is 0.224. The molecule has 0 aliphatic carbocycles. The van der Waals surface area contributed by atoms with Gasteiger partial charge < -0.3 is 10.1 Å². The van der Waals surface area contributed by atoms with Crippen molar-refractivity contribution in [2.24, 2.45) is 0 Å². The molecule has 8 heteroatoms. The number of methoxy groups -OCH3 is 1. The average molecular weight is 395 g/mol. The summed E-state index contributed by atoms with van der Waals surface area (Å²) in [4.78, 5) is 51.1. The summed E-state index contributed by atoms with van der Waals surface area (Å²) < 4.78 is 5.04. The van der Waals surface area contributed by atoms with Gasteiger partial charge in [-0.25, -0.2) is 14.6 Å². The molecule has 5 amide bonds. The zero-order valence-electron chi connectivity index (χ0n) is 16.6. The molecule has 0 saturated carbocycles. The van der Waals surface area contributed by atoms with Gasteiger partial charge in [-0.1, -0.05) is 17.7 Å². The van der Waals surface area contributed by atoms with Crippen LogP contribution in [0.5, 0.6) is 5.75 Å². The number of aryl methyl sites for hydroxylation is 3. The first kappa shape index (κ1) is 20.1. The van der Waals surface area contributed by atoms with Crippen LogP contribution in [0.25, 0.3) is 0 Å². The molecule has 0 spiro atoms. The highest BCUT2D eigenvalue weighted by molar-refractivity contribution is 6.53. The number of benzene rings is 2. The van der Waals surface area contributed by atoms with Crippen LogP contribution < -0.4 is 15.0 Å². The fraction of sp³-hybridized carbons (Fsp3) is 0.238. The Morgan fingerprint density at radius 2 is 1.55 bits per heavy atom. The number of hydrogen-bond donors (Lipinski definition) is 1. The Kier molecular flexibility index (Phi) is 5.36. The predicted molar refractivity (Wildman–Crippen MR) is 107 cm³/mol. The molecular formula is C21H21N3O5. The van der Waals surface area contributed by atoms with Crippen LogP contribution in [0, 0.1) is 20.8 Å². The summed E-state index contributed by atoms with van der Waals surface area (Å²) in [6.45, 7) is 5.11. The van der Waals surface area contributed by atoms with E-state index in [2.05, 4.69) is 5.32 Å². The second-order valence-corrected chi connectivity index (χ2v) is 6.83. The largest absolute Gasteiger partial charge is 0.497 e. The maximum atomic E-state index is 12.6. The molecule has 1 aliphatic heterocycles. The summed E-state index contributed by atoms with van der Waals surface area (Å²) in [5, 5.41) is 2.73. The van der Waals surface area contributed by atoms with Gasteiger partial charge in [0.2, 0.25) is 5.91 Å². The topological polar surface area (TPSA) is 96.0 Å². The van der Waals surface area contributed by atoms with E-state index in [0.29, 0.717) is 16.3 Å². The number of imide groups is 2. The van der Waals surface area contributed by atoms with E-state index in [-0.39, 0.29) is 5.69 Å². The lowest BCUT2D eigenvalue weighted by molar-refractivity contribution is -0.140. The summed E-state index contributed by atoms with van der Waals surface area (Å²) in [5.41, 5.74) is 3.64. The number of amides is 5. The van der Waals surface area contributed by atoms with Gasteiger partial charge in [-0.05, 0) is 56.2 Å². The Morgan fingerprint density at radius 1 is 0.966 bits per heavy atom. The molecule has 1 saturated heterocycles. The minimum Gasteiger partial charge on any atom is -0.497 e. The number of ether oxygens (including phenoxy) is 1. The van der Waals surface area contributed by atoms with Gasteiger partial charge >= 0.3 is 17.8 Å². The maximum Gasteiger partial charge on any atom is 0.339 e. The van der Waals surface area contributed by atoms with Gasteiger partial charge in [-0.3, -0.25) is 14.4 Å². The lowest BCUT2D eigenvalue weighted by Crippen LogP contribution is -2.39. The summed E-state index contributed by atoms with van der Waals surface area (Å²) in [6.07, 6.45) is 0. The molecule has 3 rings (SSSR count). The van der Waals surface area contributed by atoms with Crippen molar-refractivity contribution >= 4 is 35.1 Å². The fourth-order valence-electron chi connectivity index (χ4n) is 3.30. The highest BCUT2D eigenvalue weighted by Gasteiger charge is 2.46. The van der Waals surface area contributed by atoms with Crippen molar-refractivity contribution in [3.63, 3.8) is 0 Å². The average Bonchev–Trinajstić information content (AvgIpc) is 2.88. The van der Waals surface area contributed by atoms with Gasteiger partial charge in [0.25, 0.3) is 0 Å². The van der Waals surface area contributed by atoms with E-state index in [1.54, 1.807) is 12.1 Å². The van der Waals surface area contributed by atoms with E-state index >= 15 is 0 Å². The number of carbonyl (C=O) groups is 4. The Morgan fingerprint density at radius 3 is 2.10 bits per heavy atom. The highest BCUT2D eigenvalue weighted by Crippen LogP contribution is 2.25. The molecule has 2 aromatic carbocycles. The molecule has 0 radical (unpaired) electrons. The molecule has 1 heterocycles. The van der Waals surface area contributed by atoms with Crippen molar-refractivity contribution in [1.82, 2.24) is 4.90 Å². The van der Waals surface area contributed by atoms with Crippen LogP contribution >= 0.6 is 0 Å². The first-order valence-electron chi connectivity index (χ1n) is 8.94. The van der Waals surface area contributed by atoms with E-state index in [4.69, 9.17) is 4.74 Å². The maximum absolute atomic E-state index is 12.6. The minimum atomic E-state index is -1.04. The van der Waals surface area contributed by atoms with Gasteiger partial charge in [0.1, 0.15) is 12.3 Å². The number of carbonyl (C=O) groups excluding carboxylic acids is 4. The Bertz CT molecular complexity index is 990. The van der Waals surface area contributed by atoms with E-state index in [0.717, 1.165) is 21.6 Å². The number of rotatable bonds is 5. The molecule has 2 aromatic rings. The Balaban J connectivity index is 1.77. The van der Waals surface area contributed by atoms with Crippen LogP contribution in [0.1, 0.15) is 16.7 Å². The van der Waals surface area contributed by atoms with Crippen molar-refractivity contribution in [2.45, 2.75) is 20.8 Å². The predicted octanol–water partition coefficient (Wildman–Crippen LogP) is 2.55. The van der Waals surface area contributed by atoms with E-state index in [1.807, 2.05) is 32.9 Å². The van der Waals surface area contributed by atoms with E-state index in [9.17, 15) is 19.2 Å². The smallest absolute Gasteiger partial charge is 0.339 e. The molecule has 1 N–H and O–H groups in total. The Hall–Kier alpha value is -3.68. The first-order chi connectivity index (χ1) is 13.7. The number of anilines is 2. The zero-order valence-corrected chi connectivity index (χ0v) is 16.6. The third kappa shape index (κ3) is 3.82. The molecule has 1 fully saturated rings. The van der Waals surface area contributed by atoms with E-state index in [1.165, 1.54) is 19.2 Å². The van der Waals surface area contributed by atoms with Crippen LogP contribution in [0.2, 0.25) is 0 Å². The number of nitrogens with zero attached hydrogens (tertiary/aromatic N) is 2. The molecule has 8 nitrogen and oxygen atoms in total. The monoisotopic (exact) mass is 395 g/mol. The molecular weight excluding hydrogens is 374 g/mol. The van der Waals surface area contributed by atoms with Crippen LogP contribution in [0.4, 0.5) is 16.2 Å². The normalized spacial score (nSPS) is 13.9. The third-order valence-electron chi connectivity index (χ3n) is 4.63. The van der Waals surface area contributed by atoms with Crippen molar-refractivity contribution in [2.75, 3.05) is 23.9 Å². The third-order valence-corrected chi connectivity index (χ3v) is 4.63. The summed E-state index contributed by atoms with van der Waals surface area (Å²) in [7, 11) is 1.49. The SMILES string of the molecule is COc1ccc(N2C(=O)C(=O)N(CC(=O)Nc3c(C)cc(C)cc3C)C2=O)cc1. The standard InChI is InChI=1S/C21H21N3O5/c1-12-9-13(2)18(14(3)10-12)22-17(25)11-23-19(26)20(27)24(21(23)28)15-5-7-16(29-4)8-6-15/h5-10H,11H2,1-4H3,(H,22,25).